The minimum Gasteiger partial charge on any atom is -0.460 e. The molecule has 2 heterocycles. The van der Waals surface area contributed by atoms with E-state index in [4.69, 9.17) is 20.8 Å². The van der Waals surface area contributed by atoms with Gasteiger partial charge >= 0.3 is 5.97 Å². The molecule has 0 saturated carbocycles. The summed E-state index contributed by atoms with van der Waals surface area (Å²) < 4.78 is 50.7. The van der Waals surface area contributed by atoms with Crippen molar-refractivity contribution in [2.75, 3.05) is 32.8 Å². The van der Waals surface area contributed by atoms with Gasteiger partial charge in [-0.3, -0.25) is 4.90 Å². The molecule has 10 heteroatoms. The van der Waals surface area contributed by atoms with Crippen molar-refractivity contribution in [3.63, 3.8) is 0 Å². The molecular formula is C18H20ClFN2O5S. The maximum absolute atomic E-state index is 13.9. The van der Waals surface area contributed by atoms with E-state index in [1.165, 1.54) is 22.5 Å². The van der Waals surface area contributed by atoms with Crippen molar-refractivity contribution in [3.05, 3.63) is 52.5 Å². The van der Waals surface area contributed by atoms with Crippen molar-refractivity contribution in [1.82, 2.24) is 9.21 Å². The molecule has 1 aliphatic heterocycles. The van der Waals surface area contributed by atoms with E-state index in [1.807, 2.05) is 4.90 Å². The van der Waals surface area contributed by atoms with Gasteiger partial charge in [0.1, 0.15) is 5.82 Å². The highest BCUT2D eigenvalue weighted by Crippen LogP contribution is 2.24. The van der Waals surface area contributed by atoms with Gasteiger partial charge in [0, 0.05) is 43.3 Å². The van der Waals surface area contributed by atoms with Crippen LogP contribution in [0.15, 0.2) is 39.8 Å². The fourth-order valence-electron chi connectivity index (χ4n) is 2.93. The van der Waals surface area contributed by atoms with E-state index in [9.17, 15) is 17.6 Å². The second kappa shape index (κ2) is 8.60. The third kappa shape index (κ3) is 4.38. The first-order valence-corrected chi connectivity index (χ1v) is 10.6. The molecule has 1 fully saturated rings. The zero-order valence-corrected chi connectivity index (χ0v) is 16.8. The lowest BCUT2D eigenvalue weighted by molar-refractivity contribution is 0.0483. The highest BCUT2D eigenvalue weighted by atomic mass is 35.5. The van der Waals surface area contributed by atoms with Gasteiger partial charge in [-0.2, -0.15) is 4.31 Å². The van der Waals surface area contributed by atoms with Crippen molar-refractivity contribution in [1.29, 1.82) is 0 Å². The summed E-state index contributed by atoms with van der Waals surface area (Å²) in [5, 5.41) is 0.0401. The van der Waals surface area contributed by atoms with Crippen LogP contribution >= 0.6 is 11.6 Å². The van der Waals surface area contributed by atoms with Gasteiger partial charge in [-0.1, -0.05) is 17.7 Å². The van der Waals surface area contributed by atoms with Crippen LogP contribution in [0.4, 0.5) is 4.39 Å². The summed E-state index contributed by atoms with van der Waals surface area (Å²) in [6.45, 7) is 3.35. The topological polar surface area (TPSA) is 80.1 Å². The zero-order chi connectivity index (χ0) is 20.3. The lowest BCUT2D eigenvalue weighted by Gasteiger charge is -2.33. The van der Waals surface area contributed by atoms with Crippen LogP contribution in [0.25, 0.3) is 0 Å². The SMILES string of the molecule is CCOC(=O)c1ccc(S(=O)(=O)N2CCN(Cc3c(F)cccc3Cl)CC2)o1. The minimum absolute atomic E-state index is 0.159. The Labute approximate surface area is 167 Å². The average Bonchev–Trinajstić information content (AvgIpc) is 3.17. The lowest BCUT2D eigenvalue weighted by Crippen LogP contribution is -2.48. The van der Waals surface area contributed by atoms with Crippen molar-refractivity contribution < 1.29 is 26.8 Å². The maximum Gasteiger partial charge on any atom is 0.374 e. The van der Waals surface area contributed by atoms with E-state index >= 15 is 0 Å². The number of nitrogens with zero attached hydrogens (tertiary/aromatic N) is 2. The summed E-state index contributed by atoms with van der Waals surface area (Å²) in [6.07, 6.45) is 0. The Bertz CT molecular complexity index is 934. The molecule has 1 aliphatic rings. The molecule has 1 aromatic carbocycles. The van der Waals surface area contributed by atoms with E-state index in [1.54, 1.807) is 19.1 Å². The van der Waals surface area contributed by atoms with Gasteiger partial charge in [0.25, 0.3) is 10.0 Å². The van der Waals surface area contributed by atoms with E-state index < -0.39 is 16.0 Å². The predicted octanol–water partition coefficient (Wildman–Crippen LogP) is 2.76. The summed E-state index contributed by atoms with van der Waals surface area (Å²) >= 11 is 6.06. The summed E-state index contributed by atoms with van der Waals surface area (Å²) in [6, 6.07) is 7.03. The maximum atomic E-state index is 13.9. The number of esters is 1. The third-order valence-corrected chi connectivity index (χ3v) is 6.55. The van der Waals surface area contributed by atoms with Crippen LogP contribution in [-0.2, 0) is 21.3 Å². The number of carbonyl (C=O) groups is 1. The van der Waals surface area contributed by atoms with Crippen molar-refractivity contribution in [2.24, 2.45) is 0 Å². The van der Waals surface area contributed by atoms with E-state index in [2.05, 4.69) is 0 Å². The van der Waals surface area contributed by atoms with Gasteiger partial charge in [-0.25, -0.2) is 17.6 Å². The van der Waals surface area contributed by atoms with E-state index in [0.29, 0.717) is 30.2 Å². The van der Waals surface area contributed by atoms with Gasteiger partial charge in [0.2, 0.25) is 10.9 Å². The quantitative estimate of drug-likeness (QED) is 0.655. The molecule has 7 nitrogen and oxygen atoms in total. The number of hydrogen-bond donors (Lipinski definition) is 0. The number of ether oxygens (including phenoxy) is 1. The molecule has 0 unspecified atom stereocenters. The van der Waals surface area contributed by atoms with E-state index in [0.717, 1.165) is 0 Å². The third-order valence-electron chi connectivity index (χ3n) is 4.43. The Kier molecular flexibility index (Phi) is 6.39. The molecule has 1 aromatic heterocycles. The minimum atomic E-state index is -3.87. The molecule has 0 bridgehead atoms. The first-order valence-electron chi connectivity index (χ1n) is 8.75. The fourth-order valence-corrected chi connectivity index (χ4v) is 4.49. The molecule has 28 heavy (non-hydrogen) atoms. The smallest absolute Gasteiger partial charge is 0.374 e. The average molecular weight is 431 g/mol. The normalized spacial score (nSPS) is 16.2. The molecule has 152 valence electrons. The number of rotatable bonds is 6. The fraction of sp³-hybridized carbons (Fsp3) is 0.389. The Morgan fingerprint density at radius 3 is 2.57 bits per heavy atom. The van der Waals surface area contributed by atoms with Gasteiger partial charge in [-0.05, 0) is 31.2 Å². The summed E-state index contributed by atoms with van der Waals surface area (Å²) in [7, 11) is -3.87. The molecule has 1 saturated heterocycles. The molecule has 0 N–H and O–H groups in total. The Morgan fingerprint density at radius 1 is 1.21 bits per heavy atom. The molecule has 0 spiro atoms. The molecule has 0 radical (unpaired) electrons. The number of benzene rings is 1. The van der Waals surface area contributed by atoms with Crippen LogP contribution in [0.3, 0.4) is 0 Å². The van der Waals surface area contributed by atoms with E-state index in [-0.39, 0.29) is 36.4 Å². The monoisotopic (exact) mass is 430 g/mol. The van der Waals surface area contributed by atoms with Gasteiger partial charge < -0.3 is 9.15 Å². The first-order chi connectivity index (χ1) is 13.3. The van der Waals surface area contributed by atoms with Gasteiger partial charge in [-0.15, -0.1) is 0 Å². The molecule has 2 aromatic rings. The molecule has 0 aliphatic carbocycles. The standard InChI is InChI=1S/C18H20ClFN2O5S/c1-2-26-18(23)16-6-7-17(27-16)28(24,25)22-10-8-21(9-11-22)12-13-14(19)4-3-5-15(13)20/h3-7H,2,8-12H2,1H3. The Balaban J connectivity index is 1.65. The van der Waals surface area contributed by atoms with Crippen molar-refractivity contribution >= 4 is 27.6 Å². The summed E-state index contributed by atoms with van der Waals surface area (Å²) in [5.74, 6) is -1.26. The number of carbonyl (C=O) groups excluding carboxylic acids is 1. The highest BCUT2D eigenvalue weighted by Gasteiger charge is 2.32. The highest BCUT2D eigenvalue weighted by molar-refractivity contribution is 7.89. The first kappa shape index (κ1) is 20.8. The molecule has 3 rings (SSSR count). The van der Waals surface area contributed by atoms with Gasteiger partial charge in [0.15, 0.2) is 0 Å². The summed E-state index contributed by atoms with van der Waals surface area (Å²) in [5.41, 5.74) is 0.394. The molecule has 0 atom stereocenters. The van der Waals surface area contributed by atoms with Crippen LogP contribution in [0, 0.1) is 5.82 Å². The second-order valence-corrected chi connectivity index (χ2v) is 8.50. The van der Waals surface area contributed by atoms with Crippen LogP contribution < -0.4 is 0 Å². The number of sulfonamides is 1. The summed E-state index contributed by atoms with van der Waals surface area (Å²) in [4.78, 5) is 13.6. The number of furan rings is 1. The van der Waals surface area contributed by atoms with Gasteiger partial charge in [0.05, 0.1) is 6.61 Å². The largest absolute Gasteiger partial charge is 0.460 e. The zero-order valence-electron chi connectivity index (χ0n) is 15.2. The number of piperazine rings is 1. The number of halogens is 2. The second-order valence-electron chi connectivity index (χ2n) is 6.22. The van der Waals surface area contributed by atoms with Crippen LogP contribution in [0.1, 0.15) is 23.0 Å². The van der Waals surface area contributed by atoms with Crippen LogP contribution in [0.5, 0.6) is 0 Å². The van der Waals surface area contributed by atoms with Crippen LogP contribution in [0.2, 0.25) is 5.02 Å². The predicted molar refractivity (Wildman–Crippen MR) is 100 cm³/mol. The lowest BCUT2D eigenvalue weighted by atomic mass is 10.2. The molecular weight excluding hydrogens is 411 g/mol. The van der Waals surface area contributed by atoms with Crippen molar-refractivity contribution in [3.8, 4) is 0 Å². The van der Waals surface area contributed by atoms with Crippen LogP contribution in [-0.4, -0.2) is 56.4 Å². The Morgan fingerprint density at radius 2 is 1.93 bits per heavy atom. The number of hydrogen-bond acceptors (Lipinski definition) is 6. The molecule has 0 amide bonds. The Hall–Kier alpha value is -1.94. The van der Waals surface area contributed by atoms with Crippen molar-refractivity contribution in [2.45, 2.75) is 18.6 Å².